The fourth-order valence-electron chi connectivity index (χ4n) is 3.77. The van der Waals surface area contributed by atoms with Gasteiger partial charge in [0.2, 0.25) is 5.91 Å². The summed E-state index contributed by atoms with van der Waals surface area (Å²) in [5.41, 5.74) is 0.462. The summed E-state index contributed by atoms with van der Waals surface area (Å²) in [6.07, 6.45) is -2.18. The number of fused-ring (bicyclic) bond motifs is 1. The van der Waals surface area contributed by atoms with Gasteiger partial charge in [-0.1, -0.05) is 23.7 Å². The predicted molar refractivity (Wildman–Crippen MR) is 121 cm³/mol. The molecule has 0 saturated heterocycles. The van der Waals surface area contributed by atoms with Crippen LogP contribution in [0.5, 0.6) is 5.75 Å². The number of nitrogens with one attached hydrogen (secondary N) is 1. The van der Waals surface area contributed by atoms with Gasteiger partial charge in [-0.05, 0) is 53.6 Å². The lowest BCUT2D eigenvalue weighted by atomic mass is 10.1. The molecule has 170 valence electrons. The average Bonchev–Trinajstić information content (AvgIpc) is 3.08. The molecule has 1 N–H and O–H groups in total. The van der Waals surface area contributed by atoms with Crippen LogP contribution in [0.3, 0.4) is 0 Å². The molecular formula is C24H19ClF3N3O2. The molecule has 0 aliphatic rings. The third-order valence-corrected chi connectivity index (χ3v) is 5.45. The number of hydrogen-bond acceptors (Lipinski definition) is 3. The Kier molecular flexibility index (Phi) is 6.29. The van der Waals surface area contributed by atoms with Crippen molar-refractivity contribution in [1.29, 1.82) is 0 Å². The maximum atomic E-state index is 14.4. The number of rotatable bonds is 6. The number of nitrogens with zero attached hydrogens (tertiary/aromatic N) is 2. The molecule has 0 atom stereocenters. The van der Waals surface area contributed by atoms with Gasteiger partial charge in [0.15, 0.2) is 0 Å². The van der Waals surface area contributed by atoms with E-state index in [0.29, 0.717) is 32.9 Å². The van der Waals surface area contributed by atoms with Gasteiger partial charge < -0.3 is 14.6 Å². The molecule has 0 aliphatic carbocycles. The molecule has 0 radical (unpaired) electrons. The summed E-state index contributed by atoms with van der Waals surface area (Å²) < 4.78 is 49.5. The van der Waals surface area contributed by atoms with Crippen LogP contribution < -0.4 is 10.1 Å². The van der Waals surface area contributed by atoms with Gasteiger partial charge in [-0.2, -0.15) is 13.2 Å². The molecule has 33 heavy (non-hydrogen) atoms. The maximum absolute atomic E-state index is 14.4. The Labute approximate surface area is 192 Å². The number of aromatic nitrogens is 2. The Morgan fingerprint density at radius 3 is 2.42 bits per heavy atom. The Balaban J connectivity index is 1.84. The number of ether oxygens (including phenoxy) is 1. The predicted octanol–water partition coefficient (Wildman–Crippen LogP) is 5.95. The lowest BCUT2D eigenvalue weighted by Crippen LogP contribution is -2.20. The van der Waals surface area contributed by atoms with E-state index in [1.54, 1.807) is 48.5 Å². The first-order valence-electron chi connectivity index (χ1n) is 9.97. The van der Waals surface area contributed by atoms with E-state index >= 15 is 0 Å². The molecule has 4 rings (SSSR count). The van der Waals surface area contributed by atoms with E-state index in [4.69, 9.17) is 16.3 Å². The normalized spacial score (nSPS) is 11.5. The van der Waals surface area contributed by atoms with E-state index in [2.05, 4.69) is 10.3 Å². The summed E-state index contributed by atoms with van der Waals surface area (Å²) in [6.45, 7) is -0.0409. The van der Waals surface area contributed by atoms with Gasteiger partial charge in [0, 0.05) is 40.6 Å². The van der Waals surface area contributed by atoms with Crippen molar-refractivity contribution in [2.45, 2.75) is 19.1 Å². The standard InChI is InChI=1S/C24H19ClF3N3O2/c1-33-18-6-7-21-19(12-18)20(13-22(32)30-17-8-10-29-11-9-17)23(24(26,27)28)31(21)14-15-2-4-16(25)5-3-15/h2-12H,13-14H2,1H3,(H,29,30,32). The van der Waals surface area contributed by atoms with Crippen LogP contribution in [-0.4, -0.2) is 22.6 Å². The molecule has 0 saturated carbocycles. The number of methoxy groups -OCH3 is 1. The van der Waals surface area contributed by atoms with Crippen molar-refractivity contribution in [1.82, 2.24) is 9.55 Å². The van der Waals surface area contributed by atoms with Crippen molar-refractivity contribution >= 4 is 34.1 Å². The molecule has 0 bridgehead atoms. The van der Waals surface area contributed by atoms with Crippen molar-refractivity contribution in [2.24, 2.45) is 0 Å². The minimum atomic E-state index is -4.69. The topological polar surface area (TPSA) is 56.1 Å². The first-order chi connectivity index (χ1) is 15.8. The number of hydrogen-bond donors (Lipinski definition) is 1. The first kappa shape index (κ1) is 22.7. The highest BCUT2D eigenvalue weighted by Crippen LogP contribution is 2.40. The summed E-state index contributed by atoms with van der Waals surface area (Å²) >= 11 is 5.93. The fraction of sp³-hybridized carbons (Fsp3) is 0.167. The molecule has 1 amide bonds. The number of pyridine rings is 1. The molecule has 4 aromatic rings. The van der Waals surface area contributed by atoms with Crippen molar-refractivity contribution in [3.8, 4) is 5.75 Å². The monoisotopic (exact) mass is 473 g/mol. The second kappa shape index (κ2) is 9.15. The maximum Gasteiger partial charge on any atom is 0.431 e. The van der Waals surface area contributed by atoms with Crippen LogP contribution in [0.25, 0.3) is 10.9 Å². The zero-order chi connectivity index (χ0) is 23.6. The molecule has 2 heterocycles. The van der Waals surface area contributed by atoms with Crippen molar-refractivity contribution in [2.75, 3.05) is 12.4 Å². The van der Waals surface area contributed by atoms with E-state index in [1.807, 2.05) is 0 Å². The van der Waals surface area contributed by atoms with Gasteiger partial charge in [-0.3, -0.25) is 9.78 Å². The van der Waals surface area contributed by atoms with E-state index < -0.39 is 24.2 Å². The van der Waals surface area contributed by atoms with Crippen molar-refractivity contribution in [3.05, 3.63) is 88.8 Å². The summed E-state index contributed by atoms with van der Waals surface area (Å²) in [7, 11) is 1.44. The lowest BCUT2D eigenvalue weighted by Gasteiger charge is -2.15. The van der Waals surface area contributed by atoms with Crippen molar-refractivity contribution in [3.63, 3.8) is 0 Å². The molecular weight excluding hydrogens is 455 g/mol. The molecule has 2 aromatic carbocycles. The molecule has 0 aliphatic heterocycles. The highest BCUT2D eigenvalue weighted by atomic mass is 35.5. The number of carbonyl (C=O) groups is 1. The van der Waals surface area contributed by atoms with Crippen LogP contribution in [0.1, 0.15) is 16.8 Å². The SMILES string of the molecule is COc1ccc2c(c1)c(CC(=O)Nc1ccncc1)c(C(F)(F)F)n2Cc1ccc(Cl)cc1. The Morgan fingerprint density at radius 1 is 1.09 bits per heavy atom. The average molecular weight is 474 g/mol. The van der Waals surface area contributed by atoms with Crippen LogP contribution in [0.4, 0.5) is 18.9 Å². The van der Waals surface area contributed by atoms with Gasteiger partial charge in [-0.15, -0.1) is 0 Å². The highest BCUT2D eigenvalue weighted by Gasteiger charge is 2.39. The zero-order valence-electron chi connectivity index (χ0n) is 17.5. The summed E-state index contributed by atoms with van der Waals surface area (Å²) in [5.74, 6) is -0.171. The Morgan fingerprint density at radius 2 is 1.79 bits per heavy atom. The molecule has 0 fully saturated rings. The lowest BCUT2D eigenvalue weighted by molar-refractivity contribution is -0.143. The largest absolute Gasteiger partial charge is 0.497 e. The van der Waals surface area contributed by atoms with E-state index in [0.717, 1.165) is 0 Å². The molecule has 0 spiro atoms. The Bertz CT molecular complexity index is 1290. The second-order valence-corrected chi connectivity index (χ2v) is 7.82. The van der Waals surface area contributed by atoms with Gasteiger partial charge in [0.1, 0.15) is 11.4 Å². The van der Waals surface area contributed by atoms with Crippen LogP contribution in [-0.2, 0) is 23.9 Å². The van der Waals surface area contributed by atoms with Crippen LogP contribution in [0, 0.1) is 0 Å². The quantitative estimate of drug-likeness (QED) is 0.376. The molecule has 0 unspecified atom stereocenters. The number of alkyl halides is 3. The molecule has 2 aromatic heterocycles. The summed E-state index contributed by atoms with van der Waals surface area (Å²) in [6, 6.07) is 14.4. The van der Waals surface area contributed by atoms with Crippen molar-refractivity contribution < 1.29 is 22.7 Å². The van der Waals surface area contributed by atoms with E-state index in [-0.39, 0.29) is 12.1 Å². The number of halogens is 4. The minimum absolute atomic E-state index is 0.0409. The zero-order valence-corrected chi connectivity index (χ0v) is 18.2. The molecule has 9 heteroatoms. The summed E-state index contributed by atoms with van der Waals surface area (Å²) in [5, 5.41) is 3.42. The van der Waals surface area contributed by atoms with Gasteiger partial charge in [-0.25, -0.2) is 0 Å². The van der Waals surface area contributed by atoms with Gasteiger partial charge in [0.25, 0.3) is 0 Å². The smallest absolute Gasteiger partial charge is 0.431 e. The fourth-order valence-corrected chi connectivity index (χ4v) is 3.90. The minimum Gasteiger partial charge on any atom is -0.497 e. The summed E-state index contributed by atoms with van der Waals surface area (Å²) in [4.78, 5) is 16.6. The Hall–Kier alpha value is -3.52. The van der Waals surface area contributed by atoms with E-state index in [9.17, 15) is 18.0 Å². The second-order valence-electron chi connectivity index (χ2n) is 7.38. The molecule has 5 nitrogen and oxygen atoms in total. The van der Waals surface area contributed by atoms with Crippen LogP contribution >= 0.6 is 11.6 Å². The van der Waals surface area contributed by atoms with Gasteiger partial charge >= 0.3 is 6.18 Å². The first-order valence-corrected chi connectivity index (χ1v) is 10.3. The number of amides is 1. The highest BCUT2D eigenvalue weighted by molar-refractivity contribution is 6.30. The van der Waals surface area contributed by atoms with Gasteiger partial charge in [0.05, 0.1) is 13.5 Å². The number of benzene rings is 2. The third kappa shape index (κ3) is 4.96. The third-order valence-electron chi connectivity index (χ3n) is 5.20. The number of anilines is 1. The van der Waals surface area contributed by atoms with E-state index in [1.165, 1.54) is 30.1 Å². The van der Waals surface area contributed by atoms with Crippen LogP contribution in [0.2, 0.25) is 5.02 Å². The number of carbonyl (C=O) groups excluding carboxylic acids is 1. The van der Waals surface area contributed by atoms with Crippen LogP contribution in [0.15, 0.2) is 67.0 Å².